The van der Waals surface area contributed by atoms with Crippen molar-refractivity contribution in [3.63, 3.8) is 0 Å². The van der Waals surface area contributed by atoms with Crippen molar-refractivity contribution in [3.8, 4) is 11.5 Å². The molecule has 4 heteroatoms. The minimum atomic E-state index is -0.459. The third-order valence-electron chi connectivity index (χ3n) is 3.95. The van der Waals surface area contributed by atoms with Gasteiger partial charge in [0.2, 0.25) is 6.79 Å². The van der Waals surface area contributed by atoms with E-state index >= 15 is 0 Å². The molecule has 2 aliphatic rings. The zero-order valence-electron chi connectivity index (χ0n) is 11.3. The number of piperidine rings is 1. The summed E-state index contributed by atoms with van der Waals surface area (Å²) in [7, 11) is 0. The molecule has 1 fully saturated rings. The third kappa shape index (κ3) is 2.85. The molecule has 0 aliphatic carbocycles. The van der Waals surface area contributed by atoms with Gasteiger partial charge in [0.05, 0.1) is 6.10 Å². The van der Waals surface area contributed by atoms with Crippen LogP contribution >= 0.6 is 0 Å². The third-order valence-corrected chi connectivity index (χ3v) is 3.95. The van der Waals surface area contributed by atoms with E-state index in [9.17, 15) is 5.11 Å². The second kappa shape index (κ2) is 5.39. The molecule has 0 spiro atoms. The maximum atomic E-state index is 10.4. The average molecular weight is 263 g/mol. The maximum Gasteiger partial charge on any atom is 0.231 e. The minimum Gasteiger partial charge on any atom is -0.454 e. The van der Waals surface area contributed by atoms with Crippen LogP contribution in [0.25, 0.3) is 0 Å². The van der Waals surface area contributed by atoms with E-state index in [1.807, 2.05) is 18.2 Å². The molecule has 0 bridgehead atoms. The molecule has 4 nitrogen and oxygen atoms in total. The molecule has 0 saturated carbocycles. The zero-order valence-corrected chi connectivity index (χ0v) is 11.3. The van der Waals surface area contributed by atoms with Crippen LogP contribution in [0.1, 0.15) is 31.4 Å². The van der Waals surface area contributed by atoms with Crippen molar-refractivity contribution in [2.75, 3.05) is 26.4 Å². The van der Waals surface area contributed by atoms with Crippen molar-refractivity contribution in [2.45, 2.75) is 25.9 Å². The molecule has 19 heavy (non-hydrogen) atoms. The standard InChI is InChI=1S/C15H21NO3/c1-11-3-2-6-16(8-11)9-13(17)12-4-5-14-15(7-12)19-10-18-14/h4-5,7,11,13,17H,2-3,6,8-10H2,1H3/t11-,13+/m0/s1. The number of β-amino-alcohol motifs (C(OH)–C–C–N with tert-alkyl or cyclic N) is 1. The molecule has 1 saturated heterocycles. The summed E-state index contributed by atoms with van der Waals surface area (Å²) in [5.74, 6) is 2.24. The summed E-state index contributed by atoms with van der Waals surface area (Å²) < 4.78 is 10.6. The van der Waals surface area contributed by atoms with E-state index in [2.05, 4.69) is 11.8 Å². The van der Waals surface area contributed by atoms with Crippen molar-refractivity contribution in [1.82, 2.24) is 4.90 Å². The van der Waals surface area contributed by atoms with Crippen LogP contribution < -0.4 is 9.47 Å². The Morgan fingerprint density at radius 3 is 3.05 bits per heavy atom. The van der Waals surface area contributed by atoms with Gasteiger partial charge in [-0.05, 0) is 43.0 Å². The van der Waals surface area contributed by atoms with Gasteiger partial charge < -0.3 is 19.5 Å². The largest absolute Gasteiger partial charge is 0.454 e. The molecule has 2 aliphatic heterocycles. The number of ether oxygens (including phenoxy) is 2. The minimum absolute atomic E-state index is 0.276. The van der Waals surface area contributed by atoms with Gasteiger partial charge in [-0.2, -0.15) is 0 Å². The first-order valence-electron chi connectivity index (χ1n) is 7.02. The van der Waals surface area contributed by atoms with Crippen LogP contribution in [-0.4, -0.2) is 36.4 Å². The van der Waals surface area contributed by atoms with Gasteiger partial charge in [0.25, 0.3) is 0 Å². The highest BCUT2D eigenvalue weighted by Crippen LogP contribution is 2.34. The van der Waals surface area contributed by atoms with Gasteiger partial charge in [0.1, 0.15) is 0 Å². The highest BCUT2D eigenvalue weighted by molar-refractivity contribution is 5.45. The van der Waals surface area contributed by atoms with Crippen molar-refractivity contribution < 1.29 is 14.6 Å². The number of aliphatic hydroxyl groups is 1. The Kier molecular flexibility index (Phi) is 3.62. The molecule has 2 heterocycles. The van der Waals surface area contributed by atoms with Gasteiger partial charge >= 0.3 is 0 Å². The second-order valence-corrected chi connectivity index (χ2v) is 5.64. The Morgan fingerprint density at radius 1 is 1.37 bits per heavy atom. The van der Waals surface area contributed by atoms with Gasteiger partial charge in [-0.3, -0.25) is 0 Å². The molecule has 1 N–H and O–H groups in total. The van der Waals surface area contributed by atoms with Crippen molar-refractivity contribution >= 4 is 0 Å². The summed E-state index contributed by atoms with van der Waals surface area (Å²) in [5, 5.41) is 10.4. The first kappa shape index (κ1) is 12.8. The van der Waals surface area contributed by atoms with Crippen LogP contribution in [-0.2, 0) is 0 Å². The predicted molar refractivity (Wildman–Crippen MR) is 72.4 cm³/mol. The predicted octanol–water partition coefficient (Wildman–Crippen LogP) is 2.18. The SMILES string of the molecule is C[C@H]1CCCN(C[C@@H](O)c2ccc3c(c2)OCO3)C1. The summed E-state index contributed by atoms with van der Waals surface area (Å²) >= 11 is 0. The zero-order chi connectivity index (χ0) is 13.2. The molecule has 0 amide bonds. The normalized spacial score (nSPS) is 24.4. The molecule has 0 radical (unpaired) electrons. The van der Waals surface area contributed by atoms with Gasteiger partial charge in [0.15, 0.2) is 11.5 Å². The summed E-state index contributed by atoms with van der Waals surface area (Å²) in [6.07, 6.45) is 2.07. The fourth-order valence-corrected chi connectivity index (χ4v) is 2.92. The molecule has 0 unspecified atom stereocenters. The van der Waals surface area contributed by atoms with Crippen LogP contribution in [0.5, 0.6) is 11.5 Å². The Morgan fingerprint density at radius 2 is 2.21 bits per heavy atom. The number of fused-ring (bicyclic) bond motifs is 1. The smallest absolute Gasteiger partial charge is 0.231 e. The lowest BCUT2D eigenvalue weighted by Crippen LogP contribution is -2.37. The fraction of sp³-hybridized carbons (Fsp3) is 0.600. The Balaban J connectivity index is 1.65. The Hall–Kier alpha value is -1.26. The van der Waals surface area contributed by atoms with Crippen LogP contribution in [0.15, 0.2) is 18.2 Å². The van der Waals surface area contributed by atoms with Crippen LogP contribution in [0.3, 0.4) is 0 Å². The number of benzene rings is 1. The van der Waals surface area contributed by atoms with E-state index < -0.39 is 6.10 Å². The molecule has 0 aromatic heterocycles. The number of hydrogen-bond donors (Lipinski definition) is 1. The summed E-state index contributed by atoms with van der Waals surface area (Å²) in [4.78, 5) is 2.35. The van der Waals surface area contributed by atoms with Crippen LogP contribution in [0.2, 0.25) is 0 Å². The summed E-state index contributed by atoms with van der Waals surface area (Å²) in [6.45, 7) is 5.43. The van der Waals surface area contributed by atoms with Crippen molar-refractivity contribution in [2.24, 2.45) is 5.92 Å². The summed E-state index contributed by atoms with van der Waals surface area (Å²) in [5.41, 5.74) is 0.905. The molecule has 2 atom stereocenters. The summed E-state index contributed by atoms with van der Waals surface area (Å²) in [6, 6.07) is 5.69. The van der Waals surface area contributed by atoms with Crippen molar-refractivity contribution in [3.05, 3.63) is 23.8 Å². The van der Waals surface area contributed by atoms with Crippen molar-refractivity contribution in [1.29, 1.82) is 0 Å². The lowest BCUT2D eigenvalue weighted by molar-refractivity contribution is 0.0874. The number of rotatable bonds is 3. The van der Waals surface area contributed by atoms with Gasteiger partial charge in [-0.15, -0.1) is 0 Å². The lowest BCUT2D eigenvalue weighted by Gasteiger charge is -2.32. The number of nitrogens with zero attached hydrogens (tertiary/aromatic N) is 1. The fourth-order valence-electron chi connectivity index (χ4n) is 2.92. The number of aliphatic hydroxyl groups excluding tert-OH is 1. The van der Waals surface area contributed by atoms with Crippen LogP contribution in [0.4, 0.5) is 0 Å². The number of hydrogen-bond acceptors (Lipinski definition) is 4. The Bertz CT molecular complexity index is 449. The lowest BCUT2D eigenvalue weighted by atomic mass is 9.99. The van der Waals surface area contributed by atoms with E-state index in [1.165, 1.54) is 12.8 Å². The molecular weight excluding hydrogens is 242 g/mol. The maximum absolute atomic E-state index is 10.4. The van der Waals surface area contributed by atoms with Gasteiger partial charge in [0, 0.05) is 13.1 Å². The van der Waals surface area contributed by atoms with Gasteiger partial charge in [-0.1, -0.05) is 13.0 Å². The van der Waals surface area contributed by atoms with E-state index in [1.54, 1.807) is 0 Å². The van der Waals surface area contributed by atoms with E-state index in [-0.39, 0.29) is 6.79 Å². The van der Waals surface area contributed by atoms with E-state index in [0.29, 0.717) is 6.54 Å². The molecule has 3 rings (SSSR count). The highest BCUT2D eigenvalue weighted by Gasteiger charge is 2.21. The Labute approximate surface area is 113 Å². The van der Waals surface area contributed by atoms with E-state index in [4.69, 9.17) is 9.47 Å². The first-order valence-corrected chi connectivity index (χ1v) is 7.02. The number of likely N-dealkylation sites (tertiary alicyclic amines) is 1. The molecule has 104 valence electrons. The molecular formula is C15H21NO3. The van der Waals surface area contributed by atoms with Gasteiger partial charge in [-0.25, -0.2) is 0 Å². The quantitative estimate of drug-likeness (QED) is 0.907. The van der Waals surface area contributed by atoms with Crippen LogP contribution in [0, 0.1) is 5.92 Å². The molecule has 1 aromatic rings. The monoisotopic (exact) mass is 263 g/mol. The molecule has 1 aromatic carbocycles. The average Bonchev–Trinajstić information content (AvgIpc) is 2.85. The first-order chi connectivity index (χ1) is 9.22. The van der Waals surface area contributed by atoms with E-state index in [0.717, 1.165) is 36.1 Å². The highest BCUT2D eigenvalue weighted by atomic mass is 16.7. The topological polar surface area (TPSA) is 41.9 Å². The second-order valence-electron chi connectivity index (χ2n) is 5.64.